The van der Waals surface area contributed by atoms with Crippen LogP contribution in [0.2, 0.25) is 0 Å². The van der Waals surface area contributed by atoms with E-state index in [0.29, 0.717) is 0 Å². The molecule has 0 atom stereocenters. The molecule has 3 heteroatoms. The van der Waals surface area contributed by atoms with Crippen LogP contribution in [-0.2, 0) is 0 Å². The molecule has 0 bridgehead atoms. The third-order valence-electron chi connectivity index (χ3n) is 7.51. The van der Waals surface area contributed by atoms with Gasteiger partial charge in [-0.25, -0.2) is 0 Å². The van der Waals surface area contributed by atoms with Gasteiger partial charge in [0.25, 0.3) is 0 Å². The molecule has 38 heavy (non-hydrogen) atoms. The normalized spacial score (nSPS) is 12.6. The summed E-state index contributed by atoms with van der Waals surface area (Å²) in [5.41, 5.74) is 6.07. The number of anilines is 3. The minimum Gasteiger partial charge on any atom is -0.307 e. The lowest BCUT2D eigenvalue weighted by Crippen LogP contribution is -2.15. The molecule has 1 aromatic heterocycles. The first-order valence-corrected chi connectivity index (χ1v) is 13.6. The average molecular weight is 503 g/mol. The number of hydrogen-bond acceptors (Lipinski definition) is 3. The Bertz CT molecular complexity index is 1920. The van der Waals surface area contributed by atoms with E-state index in [4.69, 9.17) is 0 Å². The summed E-state index contributed by atoms with van der Waals surface area (Å²) < 4.78 is 0. The molecule has 1 aliphatic rings. The first-order chi connectivity index (χ1) is 18.9. The largest absolute Gasteiger partial charge is 0.307 e. The summed E-state index contributed by atoms with van der Waals surface area (Å²) in [5.74, 6) is 0. The molecular weight excluding hydrogens is 480 g/mol. The summed E-state index contributed by atoms with van der Waals surface area (Å²) in [7, 11) is 0. The van der Waals surface area contributed by atoms with Gasteiger partial charge < -0.3 is 4.90 Å². The third-order valence-corrected chi connectivity index (χ3v) is 8.64. The fourth-order valence-corrected chi connectivity index (χ4v) is 6.98. The molecule has 6 aromatic carbocycles. The van der Waals surface area contributed by atoms with Gasteiger partial charge in [0.05, 0.1) is 17.1 Å². The third kappa shape index (κ3) is 3.12. The number of fused-ring (bicyclic) bond motifs is 5. The molecule has 1 aliphatic heterocycles. The molecule has 0 spiro atoms. The lowest BCUT2D eigenvalue weighted by atomic mass is 9.88. The standard InChI is InChI=1S/C35H22N2S/c1-2-12-24-23(10-1)11-9-15-25(24)34-26-13-3-4-14-28(26)35(29-22-36-21-20-27(29)34)37-30-16-5-7-18-32(30)38-33-19-8-6-17-31(33)37/h1-22H. The summed E-state index contributed by atoms with van der Waals surface area (Å²) in [6.45, 7) is 0. The first kappa shape index (κ1) is 21.5. The van der Waals surface area contributed by atoms with Gasteiger partial charge in [-0.3, -0.25) is 4.98 Å². The van der Waals surface area contributed by atoms with Crippen molar-refractivity contribution in [3.63, 3.8) is 0 Å². The zero-order chi connectivity index (χ0) is 25.1. The zero-order valence-electron chi connectivity index (χ0n) is 20.5. The summed E-state index contributed by atoms with van der Waals surface area (Å²) in [5, 5.41) is 7.31. The van der Waals surface area contributed by atoms with Crippen LogP contribution in [0.3, 0.4) is 0 Å². The van der Waals surface area contributed by atoms with Crippen LogP contribution in [0, 0.1) is 0 Å². The number of rotatable bonds is 2. The number of nitrogens with zero attached hydrogens (tertiary/aromatic N) is 2. The van der Waals surface area contributed by atoms with E-state index in [1.165, 1.54) is 64.9 Å². The van der Waals surface area contributed by atoms with E-state index in [1.807, 2.05) is 24.2 Å². The van der Waals surface area contributed by atoms with Crippen molar-refractivity contribution < 1.29 is 0 Å². The Hall–Kier alpha value is -4.60. The molecular formula is C35H22N2S. The highest BCUT2D eigenvalue weighted by Crippen LogP contribution is 2.55. The van der Waals surface area contributed by atoms with E-state index < -0.39 is 0 Å². The van der Waals surface area contributed by atoms with Gasteiger partial charge in [-0.1, -0.05) is 103 Å². The highest BCUT2D eigenvalue weighted by atomic mass is 32.2. The Morgan fingerprint density at radius 2 is 1.11 bits per heavy atom. The van der Waals surface area contributed by atoms with Crippen LogP contribution >= 0.6 is 11.8 Å². The number of para-hydroxylation sites is 2. The SMILES string of the molecule is c1ccc2c(c1)Sc1ccccc1N2c1c2ccccc2c(-c2cccc3ccccc23)c2ccncc12. The van der Waals surface area contributed by atoms with E-state index in [1.54, 1.807) is 0 Å². The van der Waals surface area contributed by atoms with Crippen molar-refractivity contribution in [2.75, 3.05) is 4.90 Å². The molecule has 8 rings (SSSR count). The predicted octanol–water partition coefficient (Wildman–Crippen LogP) is 10.1. The van der Waals surface area contributed by atoms with Crippen LogP contribution in [0.4, 0.5) is 17.1 Å². The first-order valence-electron chi connectivity index (χ1n) is 12.8. The van der Waals surface area contributed by atoms with Gasteiger partial charge in [0, 0.05) is 33.0 Å². The van der Waals surface area contributed by atoms with Crippen LogP contribution in [0.15, 0.2) is 144 Å². The quantitative estimate of drug-likeness (QED) is 0.219. The van der Waals surface area contributed by atoms with E-state index in [0.717, 1.165) is 5.39 Å². The van der Waals surface area contributed by atoms with Crippen molar-refractivity contribution in [3.05, 3.63) is 134 Å². The molecule has 0 radical (unpaired) electrons. The maximum absolute atomic E-state index is 4.65. The number of hydrogen-bond donors (Lipinski definition) is 0. The summed E-state index contributed by atoms with van der Waals surface area (Å²) in [4.78, 5) is 9.61. The topological polar surface area (TPSA) is 16.1 Å². The second kappa shape index (κ2) is 8.47. The van der Waals surface area contributed by atoms with Crippen molar-refractivity contribution in [1.29, 1.82) is 0 Å². The summed E-state index contributed by atoms with van der Waals surface area (Å²) in [6.07, 6.45) is 3.96. The van der Waals surface area contributed by atoms with Crippen molar-refractivity contribution in [2.45, 2.75) is 9.79 Å². The van der Waals surface area contributed by atoms with Crippen molar-refractivity contribution in [1.82, 2.24) is 4.98 Å². The van der Waals surface area contributed by atoms with Crippen molar-refractivity contribution in [2.24, 2.45) is 0 Å². The molecule has 0 unspecified atom stereocenters. The maximum atomic E-state index is 4.65. The smallest absolute Gasteiger partial charge is 0.0635 e. The van der Waals surface area contributed by atoms with E-state index in [-0.39, 0.29) is 0 Å². The van der Waals surface area contributed by atoms with E-state index in [9.17, 15) is 0 Å². The van der Waals surface area contributed by atoms with E-state index in [2.05, 4.69) is 131 Å². The molecule has 178 valence electrons. The Morgan fingerprint density at radius 3 is 1.89 bits per heavy atom. The molecule has 2 heterocycles. The van der Waals surface area contributed by atoms with Crippen molar-refractivity contribution >= 4 is 61.1 Å². The molecule has 0 fully saturated rings. The molecule has 2 nitrogen and oxygen atoms in total. The second-order valence-corrected chi connectivity index (χ2v) is 10.7. The van der Waals surface area contributed by atoms with E-state index >= 15 is 0 Å². The molecule has 0 aliphatic carbocycles. The van der Waals surface area contributed by atoms with Gasteiger partial charge in [0.15, 0.2) is 0 Å². The Labute approximate surface area is 225 Å². The molecule has 0 N–H and O–H groups in total. The second-order valence-electron chi connectivity index (χ2n) is 9.59. The molecule has 0 saturated heterocycles. The average Bonchev–Trinajstić information content (AvgIpc) is 2.99. The maximum Gasteiger partial charge on any atom is 0.0635 e. The van der Waals surface area contributed by atoms with Crippen LogP contribution in [0.5, 0.6) is 0 Å². The predicted molar refractivity (Wildman–Crippen MR) is 161 cm³/mol. The van der Waals surface area contributed by atoms with Crippen molar-refractivity contribution in [3.8, 4) is 11.1 Å². The molecule has 0 amide bonds. The van der Waals surface area contributed by atoms with Gasteiger partial charge in [0.2, 0.25) is 0 Å². The monoisotopic (exact) mass is 502 g/mol. The summed E-state index contributed by atoms with van der Waals surface area (Å²) in [6, 6.07) is 43.7. The fraction of sp³-hybridized carbons (Fsp3) is 0. The Morgan fingerprint density at radius 1 is 0.500 bits per heavy atom. The summed E-state index contributed by atoms with van der Waals surface area (Å²) >= 11 is 1.84. The minimum atomic E-state index is 1.14. The highest BCUT2D eigenvalue weighted by molar-refractivity contribution is 7.99. The van der Waals surface area contributed by atoms with Gasteiger partial charge in [-0.15, -0.1) is 0 Å². The number of aromatic nitrogens is 1. The zero-order valence-corrected chi connectivity index (χ0v) is 21.3. The van der Waals surface area contributed by atoms with Gasteiger partial charge in [-0.05, 0) is 63.0 Å². The number of benzene rings is 6. The lowest BCUT2D eigenvalue weighted by molar-refractivity contribution is 1.18. The van der Waals surface area contributed by atoms with Gasteiger partial charge in [-0.2, -0.15) is 0 Å². The molecule has 0 saturated carbocycles. The minimum absolute atomic E-state index is 1.14. The Balaban J connectivity index is 1.55. The van der Waals surface area contributed by atoms with Gasteiger partial charge in [0.1, 0.15) is 0 Å². The molecule has 7 aromatic rings. The van der Waals surface area contributed by atoms with Crippen LogP contribution in [0.25, 0.3) is 43.4 Å². The number of pyridine rings is 1. The van der Waals surface area contributed by atoms with Crippen LogP contribution in [0.1, 0.15) is 0 Å². The van der Waals surface area contributed by atoms with Crippen LogP contribution in [-0.4, -0.2) is 4.98 Å². The van der Waals surface area contributed by atoms with Crippen LogP contribution < -0.4 is 4.90 Å². The fourth-order valence-electron chi connectivity index (χ4n) is 5.92. The highest BCUT2D eigenvalue weighted by Gasteiger charge is 2.28. The Kier molecular flexibility index (Phi) is 4.79. The van der Waals surface area contributed by atoms with Gasteiger partial charge >= 0.3 is 0 Å². The lowest BCUT2D eigenvalue weighted by Gasteiger charge is -2.34.